The Hall–Kier alpha value is -1.47. The minimum absolute atomic E-state index is 0.0695. The van der Waals surface area contributed by atoms with Crippen LogP contribution >= 0.6 is 0 Å². The molecule has 1 fully saturated rings. The standard InChI is InChI=1S/C16H23BFNO4/c1-10-7-11(9-19-14(10)18)12(8-13(20)21-6)17-22-15(2,3)16(4,5)23-17/h7,9,12H,8H2,1-6H3. The molecule has 1 saturated heterocycles. The first-order chi connectivity index (χ1) is 10.6. The second-order valence-corrected chi connectivity index (χ2v) is 6.89. The Morgan fingerprint density at radius 2 is 1.91 bits per heavy atom. The van der Waals surface area contributed by atoms with Crippen molar-refractivity contribution in [3.05, 3.63) is 29.3 Å². The van der Waals surface area contributed by atoms with E-state index in [0.717, 1.165) is 0 Å². The number of rotatable bonds is 4. The number of ether oxygens (including phenoxy) is 1. The molecule has 0 amide bonds. The van der Waals surface area contributed by atoms with Gasteiger partial charge in [-0.25, -0.2) is 4.98 Å². The van der Waals surface area contributed by atoms with E-state index in [1.165, 1.54) is 13.3 Å². The summed E-state index contributed by atoms with van der Waals surface area (Å²) in [4.78, 5) is 15.5. The number of aromatic nitrogens is 1. The molecule has 1 aromatic heterocycles. The number of aryl methyl sites for hydroxylation is 1. The van der Waals surface area contributed by atoms with Gasteiger partial charge in [0.2, 0.25) is 5.95 Å². The van der Waals surface area contributed by atoms with E-state index in [9.17, 15) is 9.18 Å². The fourth-order valence-corrected chi connectivity index (χ4v) is 2.47. The molecule has 0 N–H and O–H groups in total. The van der Waals surface area contributed by atoms with Crippen molar-refractivity contribution in [2.75, 3.05) is 7.11 Å². The van der Waals surface area contributed by atoms with Gasteiger partial charge in [-0.3, -0.25) is 4.79 Å². The van der Waals surface area contributed by atoms with Crippen LogP contribution in [0.4, 0.5) is 4.39 Å². The van der Waals surface area contributed by atoms with Crippen molar-refractivity contribution >= 4 is 13.1 Å². The Balaban J connectivity index is 2.35. The molecule has 1 aliphatic heterocycles. The summed E-state index contributed by atoms with van der Waals surface area (Å²) < 4.78 is 30.3. The van der Waals surface area contributed by atoms with E-state index in [-0.39, 0.29) is 12.4 Å². The van der Waals surface area contributed by atoms with Crippen molar-refractivity contribution in [1.29, 1.82) is 0 Å². The third kappa shape index (κ3) is 3.56. The number of pyridine rings is 1. The van der Waals surface area contributed by atoms with Crippen LogP contribution in [0.5, 0.6) is 0 Å². The Kier molecular flexibility index (Phi) is 4.82. The molecule has 1 aliphatic rings. The Morgan fingerprint density at radius 1 is 1.35 bits per heavy atom. The van der Waals surface area contributed by atoms with Crippen LogP contribution in [0.25, 0.3) is 0 Å². The van der Waals surface area contributed by atoms with Gasteiger partial charge < -0.3 is 14.0 Å². The number of carbonyl (C=O) groups is 1. The summed E-state index contributed by atoms with van der Waals surface area (Å²) in [6, 6.07) is 1.67. The van der Waals surface area contributed by atoms with Gasteiger partial charge in [0, 0.05) is 17.6 Å². The van der Waals surface area contributed by atoms with Gasteiger partial charge in [0.05, 0.1) is 24.7 Å². The number of esters is 1. The van der Waals surface area contributed by atoms with Crippen molar-refractivity contribution in [1.82, 2.24) is 4.98 Å². The van der Waals surface area contributed by atoms with Crippen molar-refractivity contribution in [2.24, 2.45) is 0 Å². The molecule has 0 aliphatic carbocycles. The molecular weight excluding hydrogens is 300 g/mol. The third-order valence-electron chi connectivity index (χ3n) is 4.68. The molecule has 0 saturated carbocycles. The summed E-state index contributed by atoms with van der Waals surface area (Å²) in [5, 5.41) is 0. The van der Waals surface area contributed by atoms with E-state index in [1.807, 2.05) is 27.7 Å². The lowest BCUT2D eigenvalue weighted by molar-refractivity contribution is -0.140. The summed E-state index contributed by atoms with van der Waals surface area (Å²) in [5.74, 6) is -1.33. The lowest BCUT2D eigenvalue weighted by Gasteiger charge is -2.32. The first kappa shape index (κ1) is 17.9. The summed E-state index contributed by atoms with van der Waals surface area (Å²) >= 11 is 0. The fourth-order valence-electron chi connectivity index (χ4n) is 2.47. The van der Waals surface area contributed by atoms with Gasteiger partial charge in [0.25, 0.3) is 0 Å². The minimum Gasteiger partial charge on any atom is -0.469 e. The number of methoxy groups -OCH3 is 1. The molecule has 5 nitrogen and oxygen atoms in total. The van der Waals surface area contributed by atoms with E-state index < -0.39 is 30.1 Å². The van der Waals surface area contributed by atoms with Crippen molar-refractivity contribution in [3.8, 4) is 0 Å². The molecule has 23 heavy (non-hydrogen) atoms. The minimum atomic E-state index is -0.634. The largest absolute Gasteiger partial charge is 0.469 e. The Labute approximate surface area is 136 Å². The monoisotopic (exact) mass is 323 g/mol. The zero-order chi connectivity index (χ0) is 17.4. The number of halogens is 1. The maximum Gasteiger partial charge on any atom is 0.466 e. The average molecular weight is 323 g/mol. The van der Waals surface area contributed by atoms with Gasteiger partial charge in [-0.1, -0.05) is 6.07 Å². The number of nitrogens with zero attached hydrogens (tertiary/aromatic N) is 1. The van der Waals surface area contributed by atoms with Gasteiger partial charge in [-0.15, -0.1) is 0 Å². The molecule has 7 heteroatoms. The van der Waals surface area contributed by atoms with Crippen LogP contribution in [-0.2, 0) is 18.8 Å². The predicted octanol–water partition coefficient (Wildman–Crippen LogP) is 2.81. The second-order valence-electron chi connectivity index (χ2n) is 6.89. The summed E-state index contributed by atoms with van der Waals surface area (Å²) in [6.45, 7) is 9.39. The molecule has 2 rings (SSSR count). The molecule has 0 bridgehead atoms. The highest BCUT2D eigenvalue weighted by Crippen LogP contribution is 2.41. The van der Waals surface area contributed by atoms with E-state index >= 15 is 0 Å². The van der Waals surface area contributed by atoms with E-state index in [1.54, 1.807) is 13.0 Å². The van der Waals surface area contributed by atoms with Crippen LogP contribution in [0, 0.1) is 12.9 Å². The maximum absolute atomic E-state index is 13.4. The van der Waals surface area contributed by atoms with Crippen LogP contribution in [0.3, 0.4) is 0 Å². The third-order valence-corrected chi connectivity index (χ3v) is 4.68. The maximum atomic E-state index is 13.4. The molecule has 1 unspecified atom stereocenters. The summed E-state index contributed by atoms with van der Waals surface area (Å²) in [7, 11) is 0.698. The Bertz CT molecular complexity index is 590. The van der Waals surface area contributed by atoms with Gasteiger partial charge in [-0.2, -0.15) is 4.39 Å². The molecule has 0 spiro atoms. The van der Waals surface area contributed by atoms with Gasteiger partial charge in [0.15, 0.2) is 0 Å². The number of hydrogen-bond acceptors (Lipinski definition) is 5. The van der Waals surface area contributed by atoms with E-state index in [2.05, 4.69) is 4.98 Å². The zero-order valence-corrected chi connectivity index (χ0v) is 14.5. The fraction of sp³-hybridized carbons (Fsp3) is 0.625. The van der Waals surface area contributed by atoms with Crippen molar-refractivity contribution in [2.45, 2.75) is 58.1 Å². The molecular formula is C16H23BFNO4. The average Bonchev–Trinajstić information content (AvgIpc) is 2.67. The second kappa shape index (κ2) is 6.21. The Morgan fingerprint density at radius 3 is 2.39 bits per heavy atom. The highest BCUT2D eigenvalue weighted by atomic mass is 19.1. The highest BCUT2D eigenvalue weighted by Gasteiger charge is 2.54. The van der Waals surface area contributed by atoms with Crippen LogP contribution < -0.4 is 0 Å². The van der Waals surface area contributed by atoms with Gasteiger partial charge in [-0.05, 0) is 40.2 Å². The normalized spacial score (nSPS) is 20.4. The summed E-state index contributed by atoms with van der Waals surface area (Å²) in [6.07, 6.45) is 1.49. The quantitative estimate of drug-likeness (QED) is 0.484. The molecule has 0 radical (unpaired) electrons. The first-order valence-electron chi connectivity index (χ1n) is 7.62. The lowest BCUT2D eigenvalue weighted by Crippen LogP contribution is -2.41. The van der Waals surface area contributed by atoms with Crippen LogP contribution in [-0.4, -0.2) is 36.4 Å². The first-order valence-corrected chi connectivity index (χ1v) is 7.62. The zero-order valence-electron chi connectivity index (χ0n) is 14.5. The lowest BCUT2D eigenvalue weighted by atomic mass is 9.66. The SMILES string of the molecule is COC(=O)CC(B1OC(C)(C)C(C)(C)O1)c1cnc(F)c(C)c1. The van der Waals surface area contributed by atoms with Crippen molar-refractivity contribution < 1.29 is 23.2 Å². The topological polar surface area (TPSA) is 57.7 Å². The smallest absolute Gasteiger partial charge is 0.466 e. The molecule has 1 atom stereocenters. The number of carbonyl (C=O) groups excluding carboxylic acids is 1. The van der Waals surface area contributed by atoms with Crippen molar-refractivity contribution in [3.63, 3.8) is 0 Å². The molecule has 126 valence electrons. The molecule has 2 heterocycles. The van der Waals surface area contributed by atoms with Gasteiger partial charge in [0.1, 0.15) is 0 Å². The van der Waals surface area contributed by atoms with Crippen LogP contribution in [0.15, 0.2) is 12.3 Å². The van der Waals surface area contributed by atoms with Crippen LogP contribution in [0.2, 0.25) is 0 Å². The summed E-state index contributed by atoms with van der Waals surface area (Å²) in [5.41, 5.74) is 0.0602. The van der Waals surface area contributed by atoms with Crippen LogP contribution in [0.1, 0.15) is 51.1 Å². The molecule has 1 aromatic rings. The highest BCUT2D eigenvalue weighted by molar-refractivity contribution is 6.48. The molecule has 0 aromatic carbocycles. The predicted molar refractivity (Wildman–Crippen MR) is 84.4 cm³/mol. The number of hydrogen-bond donors (Lipinski definition) is 0. The van der Waals surface area contributed by atoms with Gasteiger partial charge >= 0.3 is 13.1 Å². The van der Waals surface area contributed by atoms with E-state index in [4.69, 9.17) is 14.0 Å². The van der Waals surface area contributed by atoms with E-state index in [0.29, 0.717) is 11.1 Å².